The second-order valence-corrected chi connectivity index (χ2v) is 6.92. The predicted octanol–water partition coefficient (Wildman–Crippen LogP) is 4.92. The molecule has 0 spiro atoms. The number of hydrogen-bond donors (Lipinski definition) is 2. The van der Waals surface area contributed by atoms with E-state index in [1.54, 1.807) is 0 Å². The summed E-state index contributed by atoms with van der Waals surface area (Å²) in [6, 6.07) is 8.36. The number of furan rings is 1. The van der Waals surface area contributed by atoms with E-state index in [0.717, 1.165) is 27.1 Å². The maximum atomic E-state index is 6.11. The minimum Gasteiger partial charge on any atom is -0.458 e. The summed E-state index contributed by atoms with van der Waals surface area (Å²) < 4.78 is 7.11. The highest BCUT2D eigenvalue weighted by Crippen LogP contribution is 2.41. The Bertz CT molecular complexity index is 610. The van der Waals surface area contributed by atoms with Crippen LogP contribution in [-0.2, 0) is 0 Å². The molecule has 0 bridgehead atoms. The molecule has 0 amide bonds. The average molecular weight is 351 g/mol. The van der Waals surface area contributed by atoms with Crippen LogP contribution in [-0.4, -0.2) is 0 Å². The SMILES string of the molecule is CCC1CCCCC1C(NN)c1cc2cccc(Br)c2o1. The highest BCUT2D eigenvalue weighted by atomic mass is 79.9. The maximum Gasteiger partial charge on any atom is 0.148 e. The Morgan fingerprint density at radius 1 is 1.38 bits per heavy atom. The van der Waals surface area contributed by atoms with Gasteiger partial charge in [0, 0.05) is 5.39 Å². The molecule has 1 aromatic heterocycles. The highest BCUT2D eigenvalue weighted by Gasteiger charge is 2.33. The lowest BCUT2D eigenvalue weighted by Gasteiger charge is -2.35. The van der Waals surface area contributed by atoms with E-state index < -0.39 is 0 Å². The van der Waals surface area contributed by atoms with E-state index in [1.807, 2.05) is 12.1 Å². The predicted molar refractivity (Wildman–Crippen MR) is 89.7 cm³/mol. The smallest absolute Gasteiger partial charge is 0.148 e. The van der Waals surface area contributed by atoms with Crippen molar-refractivity contribution in [2.75, 3.05) is 0 Å². The molecule has 3 nitrogen and oxygen atoms in total. The molecule has 3 N–H and O–H groups in total. The quantitative estimate of drug-likeness (QED) is 0.607. The highest BCUT2D eigenvalue weighted by molar-refractivity contribution is 9.10. The molecule has 114 valence electrons. The van der Waals surface area contributed by atoms with Crippen LogP contribution < -0.4 is 11.3 Å². The third-order valence-corrected chi connectivity index (χ3v) is 5.55. The van der Waals surface area contributed by atoms with E-state index in [-0.39, 0.29) is 6.04 Å². The van der Waals surface area contributed by atoms with Crippen LogP contribution in [0, 0.1) is 11.8 Å². The summed E-state index contributed by atoms with van der Waals surface area (Å²) in [6.45, 7) is 2.28. The summed E-state index contributed by atoms with van der Waals surface area (Å²) in [5, 5.41) is 1.13. The molecule has 1 saturated carbocycles. The van der Waals surface area contributed by atoms with Gasteiger partial charge < -0.3 is 4.42 Å². The van der Waals surface area contributed by atoms with Crippen molar-refractivity contribution in [2.24, 2.45) is 17.7 Å². The number of hydrogen-bond acceptors (Lipinski definition) is 3. The lowest BCUT2D eigenvalue weighted by atomic mass is 9.73. The van der Waals surface area contributed by atoms with Gasteiger partial charge >= 0.3 is 0 Å². The molecule has 1 heterocycles. The molecular weight excluding hydrogens is 328 g/mol. The normalized spacial score (nSPS) is 24.3. The lowest BCUT2D eigenvalue weighted by Crippen LogP contribution is -2.37. The molecule has 3 atom stereocenters. The molecule has 0 aliphatic heterocycles. The number of rotatable bonds is 4. The molecule has 3 rings (SSSR count). The lowest BCUT2D eigenvalue weighted by molar-refractivity contribution is 0.163. The van der Waals surface area contributed by atoms with Gasteiger partial charge in [-0.25, -0.2) is 5.43 Å². The average Bonchev–Trinajstić information content (AvgIpc) is 2.94. The summed E-state index contributed by atoms with van der Waals surface area (Å²) >= 11 is 3.56. The van der Waals surface area contributed by atoms with Gasteiger partial charge in [0.2, 0.25) is 0 Å². The molecule has 0 radical (unpaired) electrons. The number of fused-ring (bicyclic) bond motifs is 1. The summed E-state index contributed by atoms with van der Waals surface area (Å²) in [4.78, 5) is 0. The fourth-order valence-electron chi connectivity index (χ4n) is 3.80. The van der Waals surface area contributed by atoms with Gasteiger partial charge in [0.1, 0.15) is 11.3 Å². The third kappa shape index (κ3) is 2.89. The van der Waals surface area contributed by atoms with Crippen molar-refractivity contribution in [3.8, 4) is 0 Å². The van der Waals surface area contributed by atoms with Crippen molar-refractivity contribution < 1.29 is 4.42 Å². The fourth-order valence-corrected chi connectivity index (χ4v) is 4.26. The molecule has 4 heteroatoms. The molecular formula is C17H23BrN2O. The van der Waals surface area contributed by atoms with Crippen LogP contribution in [0.4, 0.5) is 0 Å². The monoisotopic (exact) mass is 350 g/mol. The van der Waals surface area contributed by atoms with Gasteiger partial charge in [-0.1, -0.05) is 44.7 Å². The molecule has 3 unspecified atom stereocenters. The van der Waals surface area contributed by atoms with Gasteiger partial charge in [0.25, 0.3) is 0 Å². The van der Waals surface area contributed by atoms with Crippen molar-refractivity contribution in [1.82, 2.24) is 5.43 Å². The number of para-hydroxylation sites is 1. The van der Waals surface area contributed by atoms with E-state index in [4.69, 9.17) is 10.3 Å². The minimum atomic E-state index is 0.106. The minimum absolute atomic E-state index is 0.106. The number of nitrogens with one attached hydrogen (secondary N) is 1. The van der Waals surface area contributed by atoms with E-state index in [2.05, 4.69) is 40.4 Å². The first-order valence-corrected chi connectivity index (χ1v) is 8.68. The van der Waals surface area contributed by atoms with Crippen molar-refractivity contribution >= 4 is 26.9 Å². The summed E-state index contributed by atoms with van der Waals surface area (Å²) in [5.74, 6) is 8.15. The van der Waals surface area contributed by atoms with Crippen LogP contribution in [0.2, 0.25) is 0 Å². The number of hydrazine groups is 1. The number of nitrogens with two attached hydrogens (primary N) is 1. The van der Waals surface area contributed by atoms with E-state index in [0.29, 0.717) is 5.92 Å². The Kier molecular flexibility index (Phi) is 4.67. The molecule has 1 aliphatic rings. The van der Waals surface area contributed by atoms with Crippen LogP contribution in [0.3, 0.4) is 0 Å². The topological polar surface area (TPSA) is 51.2 Å². The molecule has 1 aliphatic carbocycles. The van der Waals surface area contributed by atoms with Crippen LogP contribution in [0.1, 0.15) is 50.8 Å². The van der Waals surface area contributed by atoms with Crippen LogP contribution in [0.5, 0.6) is 0 Å². The van der Waals surface area contributed by atoms with Crippen LogP contribution in [0.25, 0.3) is 11.0 Å². The number of halogens is 1. The summed E-state index contributed by atoms with van der Waals surface area (Å²) in [7, 11) is 0. The second-order valence-electron chi connectivity index (χ2n) is 6.07. The molecule has 0 saturated heterocycles. The van der Waals surface area contributed by atoms with Crippen molar-refractivity contribution in [2.45, 2.75) is 45.1 Å². The first-order valence-electron chi connectivity index (χ1n) is 7.88. The van der Waals surface area contributed by atoms with Gasteiger partial charge in [-0.3, -0.25) is 5.84 Å². The van der Waals surface area contributed by atoms with Crippen molar-refractivity contribution in [1.29, 1.82) is 0 Å². The Morgan fingerprint density at radius 3 is 2.90 bits per heavy atom. The van der Waals surface area contributed by atoms with Crippen LogP contribution in [0.15, 0.2) is 33.2 Å². The van der Waals surface area contributed by atoms with Crippen molar-refractivity contribution in [3.05, 3.63) is 34.5 Å². The zero-order valence-corrected chi connectivity index (χ0v) is 14.0. The Hall–Kier alpha value is -0.840. The largest absolute Gasteiger partial charge is 0.458 e. The van der Waals surface area contributed by atoms with E-state index in [9.17, 15) is 0 Å². The van der Waals surface area contributed by atoms with Crippen LogP contribution >= 0.6 is 15.9 Å². The molecule has 2 aromatic rings. The summed E-state index contributed by atoms with van der Waals surface area (Å²) in [6.07, 6.45) is 6.39. The first-order chi connectivity index (χ1) is 10.2. The van der Waals surface area contributed by atoms with Gasteiger partial charge in [-0.2, -0.15) is 0 Å². The Morgan fingerprint density at radius 2 is 2.19 bits per heavy atom. The van der Waals surface area contributed by atoms with E-state index >= 15 is 0 Å². The third-order valence-electron chi connectivity index (χ3n) is 4.92. The molecule has 1 aromatic carbocycles. The molecule has 1 fully saturated rings. The van der Waals surface area contributed by atoms with E-state index in [1.165, 1.54) is 32.1 Å². The standard InChI is InChI=1S/C17H23BrN2O/c1-2-11-6-3-4-8-13(11)16(20-19)15-10-12-7-5-9-14(18)17(12)21-15/h5,7,9-11,13,16,20H,2-4,6,8,19H2,1H3. The first kappa shape index (κ1) is 15.1. The van der Waals surface area contributed by atoms with Gasteiger partial charge in [0.05, 0.1) is 10.5 Å². The Balaban J connectivity index is 1.95. The maximum absolute atomic E-state index is 6.11. The fraction of sp³-hybridized carbons (Fsp3) is 0.529. The van der Waals surface area contributed by atoms with Gasteiger partial charge in [0.15, 0.2) is 0 Å². The second kappa shape index (κ2) is 6.51. The zero-order chi connectivity index (χ0) is 14.8. The number of benzene rings is 1. The summed E-state index contributed by atoms with van der Waals surface area (Å²) in [5.41, 5.74) is 3.94. The van der Waals surface area contributed by atoms with Gasteiger partial charge in [-0.05, 0) is 46.3 Å². The Labute approximate surface area is 134 Å². The van der Waals surface area contributed by atoms with Crippen molar-refractivity contribution in [3.63, 3.8) is 0 Å². The van der Waals surface area contributed by atoms with Gasteiger partial charge in [-0.15, -0.1) is 0 Å². The zero-order valence-electron chi connectivity index (χ0n) is 12.4. The molecule has 21 heavy (non-hydrogen) atoms.